The minimum atomic E-state index is -0.788. The van der Waals surface area contributed by atoms with E-state index in [1.807, 2.05) is 32.6 Å². The molecule has 0 aromatic rings. The van der Waals surface area contributed by atoms with Gasteiger partial charge >= 0.3 is 6.09 Å². The van der Waals surface area contributed by atoms with Gasteiger partial charge in [0.05, 0.1) is 17.8 Å². The number of amides is 2. The molecule has 8 nitrogen and oxygen atoms in total. The van der Waals surface area contributed by atoms with E-state index in [1.165, 1.54) is 0 Å². The van der Waals surface area contributed by atoms with Crippen molar-refractivity contribution in [2.24, 2.45) is 22.7 Å². The quantitative estimate of drug-likeness (QED) is 0.253. The first-order chi connectivity index (χ1) is 17.4. The second-order valence-electron chi connectivity index (χ2n) is 13.4. The van der Waals surface area contributed by atoms with E-state index in [0.29, 0.717) is 36.8 Å². The highest BCUT2D eigenvalue weighted by molar-refractivity contribution is 5.98. The maximum absolute atomic E-state index is 14.0. The average molecular weight is 531 g/mol. The van der Waals surface area contributed by atoms with Gasteiger partial charge < -0.3 is 25.6 Å². The van der Waals surface area contributed by atoms with Crippen LogP contribution >= 0.6 is 0 Å². The van der Waals surface area contributed by atoms with Crippen molar-refractivity contribution in [1.82, 2.24) is 20.9 Å². The molecule has 2 rings (SSSR count). The number of fused-ring (bicyclic) bond motifs is 1. The Morgan fingerprint density at radius 3 is 2.21 bits per heavy atom. The Morgan fingerprint density at radius 1 is 1.11 bits per heavy atom. The topological polar surface area (TPSA) is 99.8 Å². The standard InChI is InChI=1S/C30H50N4O4/c1-13-15-21(24(35)19(4)31-16-14-2)32-18(3)23-22-20(30(22,11)12)17-34(23)26(36)25(28(5,6)7)33-27(37)38-29(8,9)10/h14,20-23,25,31-32H,2-4,13,15-17H2,1,5-12H3,(H,33,37). The van der Waals surface area contributed by atoms with Gasteiger partial charge in [-0.15, -0.1) is 6.58 Å². The highest BCUT2D eigenvalue weighted by Crippen LogP contribution is 2.65. The number of rotatable bonds is 12. The minimum Gasteiger partial charge on any atom is -0.444 e. The number of hydrogen-bond donors (Lipinski definition) is 3. The summed E-state index contributed by atoms with van der Waals surface area (Å²) in [5, 5.41) is 9.19. The molecular formula is C30H50N4O4. The molecular weight excluding hydrogens is 480 g/mol. The number of carbonyl (C=O) groups excluding carboxylic acids is 3. The van der Waals surface area contributed by atoms with E-state index in [9.17, 15) is 14.4 Å². The normalized spacial score (nSPS) is 23.4. The van der Waals surface area contributed by atoms with E-state index in [-0.39, 0.29) is 29.1 Å². The van der Waals surface area contributed by atoms with Crippen LogP contribution in [-0.2, 0) is 14.3 Å². The number of ether oxygens (including phenoxy) is 1. The van der Waals surface area contributed by atoms with E-state index in [1.54, 1.807) is 26.8 Å². The fourth-order valence-electron chi connectivity index (χ4n) is 5.51. The van der Waals surface area contributed by atoms with Crippen LogP contribution < -0.4 is 16.0 Å². The maximum Gasteiger partial charge on any atom is 0.408 e. The summed E-state index contributed by atoms with van der Waals surface area (Å²) in [6.07, 6.45) is 2.45. The fourth-order valence-corrected chi connectivity index (χ4v) is 5.51. The van der Waals surface area contributed by atoms with Crippen LogP contribution in [0.1, 0.15) is 75.2 Å². The summed E-state index contributed by atoms with van der Waals surface area (Å²) in [4.78, 5) is 41.7. The molecule has 1 aliphatic heterocycles. The Kier molecular flexibility index (Phi) is 9.55. The number of nitrogens with zero attached hydrogens (tertiary/aromatic N) is 1. The first-order valence-corrected chi connectivity index (χ1v) is 13.7. The predicted molar refractivity (Wildman–Crippen MR) is 152 cm³/mol. The molecule has 1 saturated carbocycles. The van der Waals surface area contributed by atoms with Gasteiger partial charge in [-0.2, -0.15) is 0 Å². The predicted octanol–water partition coefficient (Wildman–Crippen LogP) is 4.54. The lowest BCUT2D eigenvalue weighted by Gasteiger charge is -2.39. The lowest BCUT2D eigenvalue weighted by Crippen LogP contribution is -2.58. The highest BCUT2D eigenvalue weighted by Gasteiger charge is 2.68. The van der Waals surface area contributed by atoms with Gasteiger partial charge in [-0.05, 0) is 49.9 Å². The largest absolute Gasteiger partial charge is 0.444 e. The summed E-state index contributed by atoms with van der Waals surface area (Å²) >= 11 is 0. The Balaban J connectivity index is 2.30. The number of hydrogen-bond acceptors (Lipinski definition) is 6. The Bertz CT molecular complexity index is 956. The van der Waals surface area contributed by atoms with Crippen molar-refractivity contribution in [3.63, 3.8) is 0 Å². The summed E-state index contributed by atoms with van der Waals surface area (Å²) in [6, 6.07) is -1.59. The second-order valence-corrected chi connectivity index (χ2v) is 13.4. The van der Waals surface area contributed by atoms with Crippen molar-refractivity contribution >= 4 is 17.8 Å². The van der Waals surface area contributed by atoms with Crippen LogP contribution in [0.2, 0.25) is 0 Å². The van der Waals surface area contributed by atoms with E-state index in [2.05, 4.69) is 49.5 Å². The summed E-state index contributed by atoms with van der Waals surface area (Å²) < 4.78 is 5.46. The number of Topliss-reactive ketones (excluding diaryl/α,β-unsaturated/α-hetero) is 1. The third-order valence-electron chi connectivity index (χ3n) is 7.63. The van der Waals surface area contributed by atoms with Crippen molar-refractivity contribution in [2.75, 3.05) is 13.1 Å². The molecule has 2 fully saturated rings. The maximum atomic E-state index is 14.0. The molecule has 2 aliphatic rings. The molecule has 8 heteroatoms. The van der Waals surface area contributed by atoms with Gasteiger partial charge in [0.25, 0.3) is 0 Å². The van der Waals surface area contributed by atoms with E-state index >= 15 is 0 Å². The molecule has 2 amide bonds. The van der Waals surface area contributed by atoms with Crippen molar-refractivity contribution in [3.05, 3.63) is 37.2 Å². The summed E-state index contributed by atoms with van der Waals surface area (Å²) in [6.45, 7) is 30.5. The van der Waals surface area contributed by atoms with Crippen LogP contribution in [0.15, 0.2) is 37.2 Å². The van der Waals surface area contributed by atoms with Crippen molar-refractivity contribution in [3.8, 4) is 0 Å². The first-order valence-electron chi connectivity index (χ1n) is 13.7. The lowest BCUT2D eigenvalue weighted by molar-refractivity contribution is -0.137. The average Bonchev–Trinajstić information content (AvgIpc) is 3.11. The van der Waals surface area contributed by atoms with Crippen LogP contribution in [0.3, 0.4) is 0 Å². The Morgan fingerprint density at radius 2 is 1.71 bits per heavy atom. The summed E-state index contributed by atoms with van der Waals surface area (Å²) in [7, 11) is 0. The zero-order valence-corrected chi connectivity index (χ0v) is 25.0. The van der Waals surface area contributed by atoms with E-state index < -0.39 is 29.2 Å². The van der Waals surface area contributed by atoms with Gasteiger partial charge in [0.1, 0.15) is 11.6 Å². The molecule has 1 heterocycles. The number of carbonyl (C=O) groups is 3. The van der Waals surface area contributed by atoms with Crippen molar-refractivity contribution < 1.29 is 19.1 Å². The number of nitrogens with one attached hydrogen (secondary N) is 3. The molecule has 3 N–H and O–H groups in total. The number of likely N-dealkylation sites (tertiary alicyclic amines) is 1. The molecule has 214 valence electrons. The fraction of sp³-hybridized carbons (Fsp3) is 0.700. The second kappa shape index (κ2) is 11.5. The van der Waals surface area contributed by atoms with Gasteiger partial charge in [0.15, 0.2) is 5.78 Å². The van der Waals surface area contributed by atoms with Gasteiger partial charge in [-0.3, -0.25) is 9.59 Å². The van der Waals surface area contributed by atoms with Gasteiger partial charge in [-0.1, -0.05) is 67.2 Å². The lowest BCUT2D eigenvalue weighted by atomic mass is 9.85. The van der Waals surface area contributed by atoms with Crippen molar-refractivity contribution in [1.29, 1.82) is 0 Å². The molecule has 1 aliphatic carbocycles. The molecule has 0 spiro atoms. The molecule has 0 bridgehead atoms. The smallest absolute Gasteiger partial charge is 0.408 e. The number of alkyl carbamates (subject to hydrolysis) is 1. The minimum absolute atomic E-state index is 0.0568. The molecule has 0 aromatic carbocycles. The van der Waals surface area contributed by atoms with Crippen LogP contribution in [0, 0.1) is 22.7 Å². The van der Waals surface area contributed by atoms with Crippen molar-refractivity contribution in [2.45, 2.75) is 98.9 Å². The third-order valence-corrected chi connectivity index (χ3v) is 7.63. The third kappa shape index (κ3) is 7.20. The molecule has 38 heavy (non-hydrogen) atoms. The monoisotopic (exact) mass is 530 g/mol. The van der Waals surface area contributed by atoms with Gasteiger partial charge in [-0.25, -0.2) is 4.79 Å². The van der Waals surface area contributed by atoms with E-state index in [0.717, 1.165) is 6.42 Å². The van der Waals surface area contributed by atoms with Crippen LogP contribution in [0.5, 0.6) is 0 Å². The first kappa shape index (κ1) is 31.4. The number of piperidine rings is 1. The Labute approximate surface area is 229 Å². The zero-order valence-electron chi connectivity index (χ0n) is 25.0. The van der Waals surface area contributed by atoms with Gasteiger partial charge in [0, 0.05) is 18.8 Å². The summed E-state index contributed by atoms with van der Waals surface area (Å²) in [5.41, 5.74) is -0.209. The van der Waals surface area contributed by atoms with Crippen LogP contribution in [-0.4, -0.2) is 59.5 Å². The molecule has 0 aromatic heterocycles. The molecule has 0 radical (unpaired) electrons. The molecule has 5 unspecified atom stereocenters. The highest BCUT2D eigenvalue weighted by atomic mass is 16.6. The van der Waals surface area contributed by atoms with E-state index in [4.69, 9.17) is 4.74 Å². The van der Waals surface area contributed by atoms with Gasteiger partial charge in [0.2, 0.25) is 5.91 Å². The molecule has 5 atom stereocenters. The van der Waals surface area contributed by atoms with Crippen LogP contribution in [0.4, 0.5) is 4.79 Å². The zero-order chi connectivity index (χ0) is 29.2. The summed E-state index contributed by atoms with van der Waals surface area (Å²) in [5.74, 6) is 0.237. The SMILES string of the molecule is C=CCNC(=C)C(=O)C(CCC)NC(=C)C1C2C(CN1C(=O)C(NC(=O)OC(C)(C)C)C(C)(C)C)C2(C)C. The van der Waals surface area contributed by atoms with Crippen LogP contribution in [0.25, 0.3) is 0 Å². The Hall–Kier alpha value is -2.77. The number of ketones is 1. The molecule has 1 saturated heterocycles.